The molecule has 0 amide bonds. The van der Waals surface area contributed by atoms with E-state index in [1.54, 1.807) is 0 Å². The van der Waals surface area contributed by atoms with Crippen molar-refractivity contribution in [2.24, 2.45) is 0 Å². The minimum Gasteiger partial charge on any atom is -0.394 e. The Morgan fingerprint density at radius 3 is 2.60 bits per heavy atom. The molecular weight excluding hydrogens is 122 g/mol. The lowest BCUT2D eigenvalue weighted by atomic mass is 10.2. The molecule has 0 rings (SSSR count). The van der Waals surface area contributed by atoms with Crippen molar-refractivity contribution in [3.05, 3.63) is 36.1 Å². The third kappa shape index (κ3) is 5.16. The summed E-state index contributed by atoms with van der Waals surface area (Å²) >= 11 is 0. The molecule has 0 fully saturated rings. The van der Waals surface area contributed by atoms with E-state index in [2.05, 4.69) is 24.4 Å². The fraction of sp³-hybridized carbons (Fsp3) is 0.333. The molecule has 0 aliphatic rings. The summed E-state index contributed by atoms with van der Waals surface area (Å²) in [5.41, 5.74) is 1.26. The first-order chi connectivity index (χ1) is 4.81. The van der Waals surface area contributed by atoms with Crippen LogP contribution < -0.4 is 5.32 Å². The van der Waals surface area contributed by atoms with Crippen LogP contribution in [0.5, 0.6) is 0 Å². The van der Waals surface area contributed by atoms with Crippen LogP contribution in [0.25, 0.3) is 0 Å². The van der Waals surface area contributed by atoms with Crippen molar-refractivity contribution in [3.63, 3.8) is 0 Å². The second kappa shape index (κ2) is 6.14. The first-order valence-corrected chi connectivity index (χ1v) is 3.44. The third-order valence-corrected chi connectivity index (χ3v) is 1.05. The number of allylic oxidation sites excluding steroid dienone is 5. The Bertz CT molecular complexity index is 152. The quantitative estimate of drug-likeness (QED) is 0.588. The Hall–Kier alpha value is -0.980. The third-order valence-electron chi connectivity index (χ3n) is 1.05. The molecule has 0 aliphatic carbocycles. The minimum absolute atomic E-state index is 1.26. The van der Waals surface area contributed by atoms with Gasteiger partial charge in [-0.05, 0) is 26.1 Å². The average molecular weight is 137 g/mol. The Morgan fingerprint density at radius 1 is 1.40 bits per heavy atom. The van der Waals surface area contributed by atoms with E-state index in [1.807, 2.05) is 32.3 Å². The van der Waals surface area contributed by atoms with Crippen LogP contribution in [-0.2, 0) is 0 Å². The van der Waals surface area contributed by atoms with Crippen molar-refractivity contribution in [2.75, 3.05) is 7.05 Å². The fourth-order valence-electron chi connectivity index (χ4n) is 0.615. The van der Waals surface area contributed by atoms with Crippen LogP contribution in [0, 0.1) is 0 Å². The minimum atomic E-state index is 1.26. The molecule has 0 aromatic rings. The molecular formula is C9H15N. The van der Waals surface area contributed by atoms with Crippen LogP contribution in [0.15, 0.2) is 36.1 Å². The van der Waals surface area contributed by atoms with E-state index in [4.69, 9.17) is 0 Å². The van der Waals surface area contributed by atoms with Gasteiger partial charge in [-0.15, -0.1) is 0 Å². The van der Waals surface area contributed by atoms with Gasteiger partial charge in [0.1, 0.15) is 0 Å². The van der Waals surface area contributed by atoms with Crippen molar-refractivity contribution in [2.45, 2.75) is 13.8 Å². The predicted octanol–water partition coefficient (Wildman–Crippen LogP) is 2.24. The first-order valence-electron chi connectivity index (χ1n) is 3.44. The van der Waals surface area contributed by atoms with Gasteiger partial charge >= 0.3 is 0 Å². The van der Waals surface area contributed by atoms with E-state index >= 15 is 0 Å². The molecule has 0 radical (unpaired) electrons. The summed E-state index contributed by atoms with van der Waals surface area (Å²) < 4.78 is 0. The van der Waals surface area contributed by atoms with Crippen LogP contribution in [0.4, 0.5) is 0 Å². The van der Waals surface area contributed by atoms with Gasteiger partial charge in [0.25, 0.3) is 0 Å². The normalized spacial score (nSPS) is 13.3. The summed E-state index contributed by atoms with van der Waals surface area (Å²) in [7, 11) is 1.88. The highest BCUT2D eigenvalue weighted by molar-refractivity contribution is 5.20. The number of rotatable bonds is 3. The zero-order chi connectivity index (χ0) is 7.82. The van der Waals surface area contributed by atoms with E-state index in [0.29, 0.717) is 0 Å². The van der Waals surface area contributed by atoms with Crippen LogP contribution in [0.1, 0.15) is 13.8 Å². The van der Waals surface area contributed by atoms with E-state index in [0.717, 1.165) is 0 Å². The summed E-state index contributed by atoms with van der Waals surface area (Å²) in [5.74, 6) is 0. The molecule has 10 heavy (non-hydrogen) atoms. The van der Waals surface area contributed by atoms with Gasteiger partial charge in [-0.2, -0.15) is 0 Å². The molecule has 0 unspecified atom stereocenters. The monoisotopic (exact) mass is 137 g/mol. The lowest BCUT2D eigenvalue weighted by molar-refractivity contribution is 1.10. The second-order valence-electron chi connectivity index (χ2n) is 2.06. The molecule has 56 valence electrons. The zero-order valence-corrected chi connectivity index (χ0v) is 6.89. The maximum atomic E-state index is 2.92. The maximum Gasteiger partial charge on any atom is 0.00277 e. The van der Waals surface area contributed by atoms with Gasteiger partial charge in [0.05, 0.1) is 0 Å². The molecule has 0 aliphatic heterocycles. The summed E-state index contributed by atoms with van der Waals surface area (Å²) in [6.45, 7) is 4.08. The molecule has 1 N–H and O–H groups in total. The van der Waals surface area contributed by atoms with Crippen molar-refractivity contribution in [3.8, 4) is 0 Å². The van der Waals surface area contributed by atoms with Crippen molar-refractivity contribution in [1.82, 2.24) is 5.32 Å². The van der Waals surface area contributed by atoms with Crippen molar-refractivity contribution < 1.29 is 0 Å². The smallest absolute Gasteiger partial charge is 0.00277 e. The van der Waals surface area contributed by atoms with Gasteiger partial charge in [0.15, 0.2) is 0 Å². The molecule has 0 atom stereocenters. The van der Waals surface area contributed by atoms with Gasteiger partial charge in [0, 0.05) is 7.05 Å². The lowest BCUT2D eigenvalue weighted by Gasteiger charge is -1.86. The first kappa shape index (κ1) is 9.02. The summed E-state index contributed by atoms with van der Waals surface area (Å²) in [6.07, 6.45) is 10.0. The molecule has 0 saturated heterocycles. The largest absolute Gasteiger partial charge is 0.394 e. The Balaban J connectivity index is 3.79. The zero-order valence-electron chi connectivity index (χ0n) is 6.89. The topological polar surface area (TPSA) is 12.0 Å². The fourth-order valence-corrected chi connectivity index (χ4v) is 0.615. The molecule has 0 spiro atoms. The summed E-state index contributed by atoms with van der Waals surface area (Å²) in [4.78, 5) is 0. The van der Waals surface area contributed by atoms with Crippen molar-refractivity contribution >= 4 is 0 Å². The number of hydrogen-bond donors (Lipinski definition) is 1. The van der Waals surface area contributed by atoms with Gasteiger partial charge in [-0.3, -0.25) is 0 Å². The van der Waals surface area contributed by atoms with Gasteiger partial charge in [-0.25, -0.2) is 0 Å². The van der Waals surface area contributed by atoms with E-state index < -0.39 is 0 Å². The Labute approximate surface area is 63.1 Å². The molecule has 0 aromatic carbocycles. The van der Waals surface area contributed by atoms with E-state index in [1.165, 1.54) is 5.57 Å². The molecule has 0 saturated carbocycles. The highest BCUT2D eigenvalue weighted by atomic mass is 14.8. The average Bonchev–Trinajstić information content (AvgIpc) is 1.89. The highest BCUT2D eigenvalue weighted by Crippen LogP contribution is 1.93. The number of nitrogens with one attached hydrogen (secondary N) is 1. The molecule has 1 heteroatoms. The standard InChI is InChI=1S/C9H15N/c1-4-6-9(2)7-5-8-10-3/h4-8,10H,1-3H3/b6-4-,8-5+,9-7-. The summed E-state index contributed by atoms with van der Waals surface area (Å²) in [6, 6.07) is 0. The van der Waals surface area contributed by atoms with Crippen molar-refractivity contribution in [1.29, 1.82) is 0 Å². The maximum absolute atomic E-state index is 2.92. The molecule has 0 bridgehead atoms. The predicted molar refractivity (Wildman–Crippen MR) is 46.8 cm³/mol. The second-order valence-corrected chi connectivity index (χ2v) is 2.06. The lowest BCUT2D eigenvalue weighted by Crippen LogP contribution is -1.89. The van der Waals surface area contributed by atoms with Crippen LogP contribution in [-0.4, -0.2) is 7.05 Å². The highest BCUT2D eigenvalue weighted by Gasteiger charge is 1.73. The molecule has 0 heterocycles. The Kier molecular flexibility index (Phi) is 5.54. The Morgan fingerprint density at radius 2 is 2.10 bits per heavy atom. The SMILES string of the molecule is C\C=C/C(C)=C\C=C\NC. The van der Waals surface area contributed by atoms with E-state index in [9.17, 15) is 0 Å². The van der Waals surface area contributed by atoms with Gasteiger partial charge in [-0.1, -0.05) is 23.8 Å². The number of hydrogen-bond acceptors (Lipinski definition) is 1. The van der Waals surface area contributed by atoms with Crippen LogP contribution in [0.3, 0.4) is 0 Å². The summed E-state index contributed by atoms with van der Waals surface area (Å²) in [5, 5.41) is 2.92. The van der Waals surface area contributed by atoms with Crippen LogP contribution >= 0.6 is 0 Å². The molecule has 0 aromatic heterocycles. The van der Waals surface area contributed by atoms with Crippen LogP contribution in [0.2, 0.25) is 0 Å². The van der Waals surface area contributed by atoms with E-state index in [-0.39, 0.29) is 0 Å². The molecule has 1 nitrogen and oxygen atoms in total. The van der Waals surface area contributed by atoms with Gasteiger partial charge < -0.3 is 5.32 Å². The van der Waals surface area contributed by atoms with Gasteiger partial charge in [0.2, 0.25) is 0 Å².